The number of Topliss-reactive ketones (excluding diaryl/α,β-unsaturated/α-hetero) is 1. The number of para-hydroxylation sites is 1. The molecule has 2 aromatic rings. The topological polar surface area (TPSA) is 40.6 Å². The van der Waals surface area contributed by atoms with Crippen molar-refractivity contribution in [3.63, 3.8) is 0 Å². The Balaban J connectivity index is 1.53. The normalized spacial score (nSPS) is 14.3. The second kappa shape index (κ2) is 8.52. The Morgan fingerprint density at radius 1 is 1.00 bits per heavy atom. The number of ketones is 1. The van der Waals surface area contributed by atoms with Crippen LogP contribution >= 0.6 is 11.8 Å². The predicted octanol–water partition coefficient (Wildman–Crippen LogP) is 3.61. The van der Waals surface area contributed by atoms with E-state index in [4.69, 9.17) is 0 Å². The molecule has 0 N–H and O–H groups in total. The van der Waals surface area contributed by atoms with E-state index in [2.05, 4.69) is 0 Å². The Bertz CT molecular complexity index is 852. The summed E-state index contributed by atoms with van der Waals surface area (Å²) in [7, 11) is 0. The van der Waals surface area contributed by atoms with E-state index in [1.54, 1.807) is 29.2 Å². The molecule has 1 aliphatic rings. The summed E-state index contributed by atoms with van der Waals surface area (Å²) in [6.07, 6.45) is 0. The molecule has 0 bridgehead atoms. The molecule has 0 aromatic heterocycles. The number of carbonyl (C=O) groups excluding carboxylic acids is 2. The zero-order chi connectivity index (χ0) is 19.4. The van der Waals surface area contributed by atoms with E-state index < -0.39 is 5.82 Å². The van der Waals surface area contributed by atoms with E-state index in [1.165, 1.54) is 25.1 Å². The van der Waals surface area contributed by atoms with Crippen LogP contribution in [0.15, 0.2) is 47.4 Å². The van der Waals surface area contributed by atoms with Gasteiger partial charge in [-0.3, -0.25) is 9.59 Å². The summed E-state index contributed by atoms with van der Waals surface area (Å²) in [5, 5.41) is 0. The van der Waals surface area contributed by atoms with Gasteiger partial charge in [-0.2, -0.15) is 0 Å². The van der Waals surface area contributed by atoms with Gasteiger partial charge in [-0.15, -0.1) is 11.8 Å². The van der Waals surface area contributed by atoms with Crippen LogP contribution in [0, 0.1) is 11.6 Å². The second-order valence-electron chi connectivity index (χ2n) is 6.31. The van der Waals surface area contributed by atoms with Crippen molar-refractivity contribution in [2.24, 2.45) is 0 Å². The molecule has 0 aliphatic carbocycles. The largest absolute Gasteiger partial charge is 0.366 e. The standard InChI is InChI=1S/C20H20F2N2O2S/c1-14(25)15-6-7-19(17(22)12-15)27-13-20(26)24-10-8-23(9-11-24)18-5-3-2-4-16(18)21/h2-7,12H,8-11,13H2,1H3. The van der Waals surface area contributed by atoms with Crippen molar-refractivity contribution >= 4 is 29.1 Å². The average Bonchev–Trinajstić information content (AvgIpc) is 2.67. The molecule has 1 saturated heterocycles. The van der Waals surface area contributed by atoms with Crippen LogP contribution in [-0.2, 0) is 4.79 Å². The minimum Gasteiger partial charge on any atom is -0.366 e. The first-order chi connectivity index (χ1) is 13.0. The van der Waals surface area contributed by atoms with E-state index in [9.17, 15) is 18.4 Å². The lowest BCUT2D eigenvalue weighted by Crippen LogP contribution is -2.49. The SMILES string of the molecule is CC(=O)c1ccc(SCC(=O)N2CCN(c3ccccc3F)CC2)c(F)c1. The molecule has 0 saturated carbocycles. The van der Waals surface area contributed by atoms with Gasteiger partial charge in [0.05, 0.1) is 11.4 Å². The van der Waals surface area contributed by atoms with Gasteiger partial charge in [0.1, 0.15) is 11.6 Å². The van der Waals surface area contributed by atoms with Crippen LogP contribution in [0.2, 0.25) is 0 Å². The first-order valence-corrected chi connectivity index (χ1v) is 9.65. The summed E-state index contributed by atoms with van der Waals surface area (Å²) >= 11 is 1.12. The summed E-state index contributed by atoms with van der Waals surface area (Å²) in [4.78, 5) is 27.7. The third-order valence-electron chi connectivity index (χ3n) is 4.52. The van der Waals surface area contributed by atoms with Crippen LogP contribution in [-0.4, -0.2) is 48.5 Å². The van der Waals surface area contributed by atoms with Crippen molar-refractivity contribution in [2.45, 2.75) is 11.8 Å². The Labute approximate surface area is 161 Å². The minimum atomic E-state index is -0.495. The van der Waals surface area contributed by atoms with Crippen molar-refractivity contribution < 1.29 is 18.4 Å². The molecule has 2 aromatic carbocycles. The highest BCUT2D eigenvalue weighted by atomic mass is 32.2. The van der Waals surface area contributed by atoms with Crippen LogP contribution < -0.4 is 4.90 Å². The van der Waals surface area contributed by atoms with Crippen molar-refractivity contribution in [1.82, 2.24) is 4.90 Å². The molecule has 0 radical (unpaired) electrons. The lowest BCUT2D eigenvalue weighted by Gasteiger charge is -2.36. The first-order valence-electron chi connectivity index (χ1n) is 8.66. The van der Waals surface area contributed by atoms with Gasteiger partial charge >= 0.3 is 0 Å². The lowest BCUT2D eigenvalue weighted by atomic mass is 10.1. The number of piperazine rings is 1. The summed E-state index contributed by atoms with van der Waals surface area (Å²) in [6.45, 7) is 3.49. The third kappa shape index (κ3) is 4.66. The van der Waals surface area contributed by atoms with Gasteiger partial charge in [0.2, 0.25) is 5.91 Å². The van der Waals surface area contributed by atoms with Gasteiger partial charge < -0.3 is 9.80 Å². The molecule has 0 unspecified atom stereocenters. The van der Waals surface area contributed by atoms with Crippen LogP contribution in [0.5, 0.6) is 0 Å². The van der Waals surface area contributed by atoms with Gasteiger partial charge in [0.15, 0.2) is 5.78 Å². The van der Waals surface area contributed by atoms with Crippen molar-refractivity contribution in [3.05, 3.63) is 59.7 Å². The van der Waals surface area contributed by atoms with E-state index in [0.717, 1.165) is 11.8 Å². The van der Waals surface area contributed by atoms with Gasteiger partial charge in [0.25, 0.3) is 0 Å². The van der Waals surface area contributed by atoms with E-state index >= 15 is 0 Å². The quantitative estimate of drug-likeness (QED) is 0.578. The predicted molar refractivity (Wildman–Crippen MR) is 102 cm³/mol. The number of nitrogens with zero attached hydrogens (tertiary/aromatic N) is 2. The maximum absolute atomic E-state index is 14.0. The number of rotatable bonds is 5. The molecule has 1 heterocycles. The molecule has 1 amide bonds. The van der Waals surface area contributed by atoms with Gasteiger partial charge in [-0.25, -0.2) is 8.78 Å². The Hall–Kier alpha value is -2.41. The first kappa shape index (κ1) is 19.4. The van der Waals surface area contributed by atoms with E-state index in [1.807, 2.05) is 4.90 Å². The van der Waals surface area contributed by atoms with Crippen LogP contribution in [0.4, 0.5) is 14.5 Å². The Morgan fingerprint density at radius 2 is 1.70 bits per heavy atom. The highest BCUT2D eigenvalue weighted by Crippen LogP contribution is 2.24. The fourth-order valence-corrected chi connectivity index (χ4v) is 3.80. The lowest BCUT2D eigenvalue weighted by molar-refractivity contribution is -0.128. The summed E-state index contributed by atoms with van der Waals surface area (Å²) in [5.74, 6) is -0.921. The Kier molecular flexibility index (Phi) is 6.11. The molecule has 1 aliphatic heterocycles. The number of hydrogen-bond donors (Lipinski definition) is 0. The molecule has 0 spiro atoms. The number of amides is 1. The van der Waals surface area contributed by atoms with Gasteiger partial charge in [-0.1, -0.05) is 18.2 Å². The smallest absolute Gasteiger partial charge is 0.233 e. The summed E-state index contributed by atoms with van der Waals surface area (Å²) in [5.41, 5.74) is 0.860. The van der Waals surface area contributed by atoms with Gasteiger partial charge in [0, 0.05) is 36.6 Å². The fraction of sp³-hybridized carbons (Fsp3) is 0.300. The number of hydrogen-bond acceptors (Lipinski definition) is 4. The zero-order valence-corrected chi connectivity index (χ0v) is 15.8. The number of benzene rings is 2. The molecule has 3 rings (SSSR count). The number of anilines is 1. The molecule has 27 heavy (non-hydrogen) atoms. The fourth-order valence-electron chi connectivity index (χ4n) is 2.97. The van der Waals surface area contributed by atoms with Crippen LogP contribution in [0.3, 0.4) is 0 Å². The van der Waals surface area contributed by atoms with Gasteiger partial charge in [-0.05, 0) is 31.2 Å². The average molecular weight is 390 g/mol. The monoisotopic (exact) mass is 390 g/mol. The molecule has 1 fully saturated rings. The number of carbonyl (C=O) groups is 2. The van der Waals surface area contributed by atoms with E-state index in [0.29, 0.717) is 42.3 Å². The summed E-state index contributed by atoms with van der Waals surface area (Å²) in [6, 6.07) is 10.9. The maximum atomic E-state index is 14.0. The number of thioether (sulfide) groups is 1. The molecule has 7 heteroatoms. The molecule has 4 nitrogen and oxygen atoms in total. The maximum Gasteiger partial charge on any atom is 0.233 e. The molecule has 0 atom stereocenters. The van der Waals surface area contributed by atoms with E-state index in [-0.39, 0.29) is 23.3 Å². The van der Waals surface area contributed by atoms with Crippen molar-refractivity contribution in [1.29, 1.82) is 0 Å². The van der Waals surface area contributed by atoms with Crippen LogP contribution in [0.25, 0.3) is 0 Å². The third-order valence-corrected chi connectivity index (χ3v) is 5.55. The zero-order valence-electron chi connectivity index (χ0n) is 15.0. The molecular weight excluding hydrogens is 370 g/mol. The second-order valence-corrected chi connectivity index (χ2v) is 7.33. The number of halogens is 2. The minimum absolute atomic E-state index is 0.0803. The Morgan fingerprint density at radius 3 is 2.33 bits per heavy atom. The van der Waals surface area contributed by atoms with Crippen LogP contribution in [0.1, 0.15) is 17.3 Å². The van der Waals surface area contributed by atoms with Crippen molar-refractivity contribution in [3.8, 4) is 0 Å². The highest BCUT2D eigenvalue weighted by Gasteiger charge is 2.23. The summed E-state index contributed by atoms with van der Waals surface area (Å²) < 4.78 is 27.9. The van der Waals surface area contributed by atoms with Crippen molar-refractivity contribution in [2.75, 3.05) is 36.8 Å². The molecular formula is C20H20F2N2O2S. The molecule has 142 valence electrons. The highest BCUT2D eigenvalue weighted by molar-refractivity contribution is 8.00.